The van der Waals surface area contributed by atoms with Crippen LogP contribution in [-0.2, 0) is 36.9 Å². The van der Waals surface area contributed by atoms with Crippen LogP contribution in [0.25, 0.3) is 0 Å². The Morgan fingerprint density at radius 3 is 1.96 bits per heavy atom. The van der Waals surface area contributed by atoms with Crippen LogP contribution in [0.3, 0.4) is 0 Å². The van der Waals surface area contributed by atoms with Crippen molar-refractivity contribution in [2.75, 3.05) is 46.2 Å². The molecule has 0 aromatic heterocycles. The fraction of sp³-hybridized carbons (Fsp3) is 0.619. The normalized spacial score (nSPS) is 23.4. The van der Waals surface area contributed by atoms with Gasteiger partial charge in [0.2, 0.25) is 0 Å². The zero-order valence-corrected chi connectivity index (χ0v) is 18.4. The average molecular weight is 459 g/mol. The van der Waals surface area contributed by atoms with Gasteiger partial charge < -0.3 is 28.4 Å². The van der Waals surface area contributed by atoms with Crippen LogP contribution in [0.2, 0.25) is 0 Å². The molecular weight excluding hydrogens is 428 g/mol. The van der Waals surface area contributed by atoms with E-state index in [0.717, 1.165) is 21.3 Å². The molecule has 2 rings (SSSR count). The molecule has 0 fully saturated rings. The van der Waals surface area contributed by atoms with Gasteiger partial charge in [-0.25, -0.2) is 0 Å². The molecule has 0 unspecified atom stereocenters. The van der Waals surface area contributed by atoms with Crippen LogP contribution in [0.15, 0.2) is 29.3 Å². The van der Waals surface area contributed by atoms with Gasteiger partial charge in [0, 0.05) is 15.6 Å². The highest BCUT2D eigenvalue weighted by molar-refractivity contribution is 9.10. The summed E-state index contributed by atoms with van der Waals surface area (Å²) in [6, 6.07) is 4.02. The number of halogens is 1. The first-order chi connectivity index (χ1) is 13.6. The van der Waals surface area contributed by atoms with Gasteiger partial charge in [-0.1, -0.05) is 28.6 Å². The van der Waals surface area contributed by atoms with Gasteiger partial charge in [0.15, 0.2) is 0 Å². The Kier molecular flexibility index (Phi) is 11.1. The molecule has 2 atom stereocenters. The van der Waals surface area contributed by atoms with Crippen LogP contribution in [0.4, 0.5) is 0 Å². The van der Waals surface area contributed by atoms with Crippen LogP contribution in [0.5, 0.6) is 5.75 Å². The molecule has 7 heteroatoms. The summed E-state index contributed by atoms with van der Waals surface area (Å²) in [4.78, 5) is 0. The second kappa shape index (κ2) is 13.3. The number of ether oxygens (including phenoxy) is 6. The second-order valence-electron chi connectivity index (χ2n) is 6.66. The first-order valence-electron chi connectivity index (χ1n) is 9.61. The van der Waals surface area contributed by atoms with Gasteiger partial charge in [0.25, 0.3) is 0 Å². The SMILES string of the molecule is C=CCOc1c2cc(Br)cc1CO[C@@H](C)COCCOCCOC[C@H](C)OC2. The van der Waals surface area contributed by atoms with E-state index in [9.17, 15) is 0 Å². The van der Waals surface area contributed by atoms with Crippen molar-refractivity contribution >= 4 is 15.9 Å². The Morgan fingerprint density at radius 1 is 0.964 bits per heavy atom. The molecule has 6 nitrogen and oxygen atoms in total. The predicted octanol–water partition coefficient (Wildman–Crippen LogP) is 3.89. The van der Waals surface area contributed by atoms with E-state index in [4.69, 9.17) is 28.4 Å². The van der Waals surface area contributed by atoms with E-state index in [-0.39, 0.29) is 12.2 Å². The van der Waals surface area contributed by atoms with E-state index in [1.54, 1.807) is 6.08 Å². The third-order valence-corrected chi connectivity index (χ3v) is 4.51. The highest BCUT2D eigenvalue weighted by Gasteiger charge is 2.15. The zero-order chi connectivity index (χ0) is 20.2. The van der Waals surface area contributed by atoms with Gasteiger partial charge in [-0.15, -0.1) is 0 Å². The van der Waals surface area contributed by atoms with Gasteiger partial charge in [0.05, 0.1) is 65.1 Å². The van der Waals surface area contributed by atoms with Crippen molar-refractivity contribution in [2.45, 2.75) is 39.3 Å². The number of benzene rings is 1. The minimum Gasteiger partial charge on any atom is -0.489 e. The highest BCUT2D eigenvalue weighted by atomic mass is 79.9. The summed E-state index contributed by atoms with van der Waals surface area (Å²) in [7, 11) is 0. The molecule has 0 saturated heterocycles. The minimum atomic E-state index is -0.0480. The largest absolute Gasteiger partial charge is 0.489 e. The zero-order valence-electron chi connectivity index (χ0n) is 16.8. The number of hydrogen-bond donors (Lipinski definition) is 0. The lowest BCUT2D eigenvalue weighted by atomic mass is 10.1. The van der Waals surface area contributed by atoms with Crippen molar-refractivity contribution in [1.82, 2.24) is 0 Å². The maximum absolute atomic E-state index is 5.97. The third-order valence-electron chi connectivity index (χ3n) is 4.05. The van der Waals surface area contributed by atoms with E-state index in [1.807, 2.05) is 26.0 Å². The van der Waals surface area contributed by atoms with E-state index < -0.39 is 0 Å². The van der Waals surface area contributed by atoms with E-state index in [2.05, 4.69) is 22.5 Å². The summed E-state index contributed by atoms with van der Waals surface area (Å²) < 4.78 is 35.6. The summed E-state index contributed by atoms with van der Waals surface area (Å²) >= 11 is 3.58. The standard InChI is InChI=1S/C21H31BrO6/c1-4-5-26-21-18-10-20(22)11-19(21)15-28-17(3)13-25-9-7-23-6-8-24-12-16(2)27-14-18/h4,10-11,16-17H,1,5-9,12-15H2,2-3H3/t16-,17-/m0/s1. The molecule has 0 aliphatic carbocycles. The summed E-state index contributed by atoms with van der Waals surface area (Å²) in [5.74, 6) is 0.777. The molecule has 158 valence electrons. The van der Waals surface area contributed by atoms with Crippen molar-refractivity contribution in [1.29, 1.82) is 0 Å². The Labute approximate surface area is 176 Å². The van der Waals surface area contributed by atoms with Crippen molar-refractivity contribution in [2.24, 2.45) is 0 Å². The molecule has 28 heavy (non-hydrogen) atoms. The predicted molar refractivity (Wildman–Crippen MR) is 111 cm³/mol. The first kappa shape index (κ1) is 23.3. The molecule has 0 spiro atoms. The third kappa shape index (κ3) is 8.59. The summed E-state index contributed by atoms with van der Waals surface area (Å²) in [6.07, 6.45) is 1.63. The van der Waals surface area contributed by atoms with Crippen LogP contribution >= 0.6 is 15.9 Å². The van der Waals surface area contributed by atoms with Gasteiger partial charge in [-0.2, -0.15) is 0 Å². The Hall–Kier alpha value is -0.960. The molecule has 0 radical (unpaired) electrons. The summed E-state index contributed by atoms with van der Waals surface area (Å²) in [5, 5.41) is 0. The smallest absolute Gasteiger partial charge is 0.130 e. The van der Waals surface area contributed by atoms with E-state index in [0.29, 0.717) is 59.5 Å². The van der Waals surface area contributed by atoms with Crippen molar-refractivity contribution in [3.8, 4) is 5.75 Å². The maximum atomic E-state index is 5.97. The van der Waals surface area contributed by atoms with Crippen molar-refractivity contribution < 1.29 is 28.4 Å². The molecule has 2 bridgehead atoms. The lowest BCUT2D eigenvalue weighted by molar-refractivity contribution is -0.0474. The number of hydrogen-bond acceptors (Lipinski definition) is 6. The van der Waals surface area contributed by atoms with Crippen LogP contribution in [-0.4, -0.2) is 58.5 Å². The molecule has 0 saturated carbocycles. The fourth-order valence-corrected chi connectivity index (χ4v) is 3.20. The van der Waals surface area contributed by atoms with Gasteiger partial charge >= 0.3 is 0 Å². The minimum absolute atomic E-state index is 0.0480. The fourth-order valence-electron chi connectivity index (χ4n) is 2.65. The molecule has 1 aliphatic rings. The second-order valence-corrected chi connectivity index (χ2v) is 7.57. The molecule has 1 aromatic rings. The number of fused-ring (bicyclic) bond motifs is 2. The summed E-state index contributed by atoms with van der Waals surface area (Å²) in [6.45, 7) is 12.1. The van der Waals surface area contributed by atoms with Crippen LogP contribution in [0, 0.1) is 0 Å². The monoisotopic (exact) mass is 458 g/mol. The van der Waals surface area contributed by atoms with E-state index in [1.165, 1.54) is 0 Å². The van der Waals surface area contributed by atoms with Gasteiger partial charge in [0.1, 0.15) is 12.4 Å². The maximum Gasteiger partial charge on any atom is 0.130 e. The molecule has 1 aliphatic heterocycles. The van der Waals surface area contributed by atoms with Crippen LogP contribution in [0.1, 0.15) is 25.0 Å². The Morgan fingerprint density at radius 2 is 1.46 bits per heavy atom. The molecule has 0 N–H and O–H groups in total. The first-order valence-corrected chi connectivity index (χ1v) is 10.4. The lowest BCUT2D eigenvalue weighted by Gasteiger charge is -2.20. The molecule has 0 amide bonds. The quantitative estimate of drug-likeness (QED) is 0.640. The molecule has 1 aromatic carbocycles. The Balaban J connectivity index is 2.15. The van der Waals surface area contributed by atoms with Crippen molar-refractivity contribution in [3.63, 3.8) is 0 Å². The van der Waals surface area contributed by atoms with E-state index >= 15 is 0 Å². The molecule has 1 heterocycles. The Bertz CT molecular complexity index is 553. The lowest BCUT2D eigenvalue weighted by Crippen LogP contribution is -2.20. The number of rotatable bonds is 3. The molecular formula is C21H31BrO6. The summed E-state index contributed by atoms with van der Waals surface area (Å²) in [5.41, 5.74) is 1.91. The van der Waals surface area contributed by atoms with Crippen LogP contribution < -0.4 is 4.74 Å². The highest BCUT2D eigenvalue weighted by Crippen LogP contribution is 2.31. The van der Waals surface area contributed by atoms with Crippen molar-refractivity contribution in [3.05, 3.63) is 40.4 Å². The topological polar surface area (TPSA) is 55.4 Å². The average Bonchev–Trinajstić information content (AvgIpc) is 2.67. The van der Waals surface area contributed by atoms with Gasteiger partial charge in [-0.3, -0.25) is 0 Å². The van der Waals surface area contributed by atoms with Gasteiger partial charge in [-0.05, 0) is 26.0 Å².